The summed E-state index contributed by atoms with van der Waals surface area (Å²) >= 11 is 0. The van der Waals surface area contributed by atoms with E-state index in [4.69, 9.17) is 4.74 Å². The van der Waals surface area contributed by atoms with Crippen molar-refractivity contribution in [2.75, 3.05) is 13.2 Å². The lowest BCUT2D eigenvalue weighted by molar-refractivity contribution is -0.122. The van der Waals surface area contributed by atoms with E-state index in [1.165, 1.54) is 11.6 Å². The summed E-state index contributed by atoms with van der Waals surface area (Å²) in [7, 11) is 0. The maximum atomic E-state index is 13.6. The van der Waals surface area contributed by atoms with Crippen molar-refractivity contribution in [3.05, 3.63) is 65.7 Å². The van der Waals surface area contributed by atoms with Crippen LogP contribution >= 0.6 is 0 Å². The molecule has 1 amide bonds. The van der Waals surface area contributed by atoms with Crippen molar-refractivity contribution in [2.24, 2.45) is 5.92 Å². The van der Waals surface area contributed by atoms with Gasteiger partial charge in [-0.05, 0) is 42.2 Å². The summed E-state index contributed by atoms with van der Waals surface area (Å²) in [5, 5.41) is 3.04. The maximum Gasteiger partial charge on any atom is 0.220 e. The molecule has 1 aromatic carbocycles. The number of aromatic nitrogens is 1. The van der Waals surface area contributed by atoms with E-state index in [1.807, 2.05) is 12.1 Å². The summed E-state index contributed by atoms with van der Waals surface area (Å²) in [4.78, 5) is 16.2. The number of carbonyl (C=O) groups excluding carboxylic acids is 1. The Morgan fingerprint density at radius 3 is 2.79 bits per heavy atom. The third kappa shape index (κ3) is 4.38. The average Bonchev–Trinajstić information content (AvgIpc) is 3.02. The van der Waals surface area contributed by atoms with E-state index in [-0.39, 0.29) is 30.1 Å². The lowest BCUT2D eigenvalue weighted by Crippen LogP contribution is -2.40. The highest BCUT2D eigenvalue weighted by Crippen LogP contribution is 2.19. The molecule has 1 aliphatic rings. The molecule has 4 nitrogen and oxygen atoms in total. The first-order chi connectivity index (χ1) is 11.7. The van der Waals surface area contributed by atoms with E-state index in [9.17, 15) is 9.18 Å². The van der Waals surface area contributed by atoms with Crippen LogP contribution < -0.4 is 5.32 Å². The highest BCUT2D eigenvalue weighted by molar-refractivity contribution is 5.76. The molecular formula is C19H21FN2O2. The van der Waals surface area contributed by atoms with Gasteiger partial charge in [0, 0.05) is 24.7 Å². The standard InChI is InChI=1S/C19H21FN2O2/c20-17-4-2-1-3-15(17)5-6-19(23)22-18-13-24-12-16(18)11-14-7-9-21-10-8-14/h1-4,7-10,16,18H,5-6,11-13H2,(H,22,23)/t16-,18+/m1/s1. The SMILES string of the molecule is O=C(CCc1ccccc1F)N[C@H]1COC[C@H]1Cc1ccncc1. The molecule has 2 atom stereocenters. The second kappa shape index (κ2) is 8.02. The molecule has 2 aromatic rings. The number of amides is 1. The summed E-state index contributed by atoms with van der Waals surface area (Å²) in [6, 6.07) is 10.5. The predicted molar refractivity (Wildman–Crippen MR) is 88.9 cm³/mol. The van der Waals surface area contributed by atoms with Crippen molar-refractivity contribution in [3.8, 4) is 0 Å². The number of rotatable bonds is 6. The first kappa shape index (κ1) is 16.6. The average molecular weight is 328 g/mol. The fourth-order valence-electron chi connectivity index (χ4n) is 3.01. The summed E-state index contributed by atoms with van der Waals surface area (Å²) < 4.78 is 19.1. The Hall–Kier alpha value is -2.27. The van der Waals surface area contributed by atoms with Crippen LogP contribution in [0, 0.1) is 11.7 Å². The molecule has 126 valence electrons. The molecule has 2 heterocycles. The van der Waals surface area contributed by atoms with Gasteiger partial charge in [-0.1, -0.05) is 18.2 Å². The van der Waals surface area contributed by atoms with Crippen LogP contribution in [-0.2, 0) is 22.4 Å². The highest BCUT2D eigenvalue weighted by Gasteiger charge is 2.29. The van der Waals surface area contributed by atoms with Crippen molar-refractivity contribution in [3.63, 3.8) is 0 Å². The number of carbonyl (C=O) groups is 1. The second-order valence-corrected chi connectivity index (χ2v) is 6.12. The number of hydrogen-bond acceptors (Lipinski definition) is 3. The normalized spacial score (nSPS) is 20.0. The minimum absolute atomic E-state index is 0.00582. The molecule has 0 aliphatic carbocycles. The van der Waals surface area contributed by atoms with E-state index in [1.54, 1.807) is 30.6 Å². The molecule has 0 radical (unpaired) electrons. The summed E-state index contributed by atoms with van der Waals surface area (Å²) in [6.45, 7) is 1.17. The van der Waals surface area contributed by atoms with Crippen LogP contribution in [0.4, 0.5) is 4.39 Å². The van der Waals surface area contributed by atoms with E-state index in [0.29, 0.717) is 25.2 Å². The van der Waals surface area contributed by atoms with Gasteiger partial charge < -0.3 is 10.1 Å². The maximum absolute atomic E-state index is 13.6. The van der Waals surface area contributed by atoms with Crippen molar-refractivity contribution >= 4 is 5.91 Å². The largest absolute Gasteiger partial charge is 0.379 e. The van der Waals surface area contributed by atoms with Gasteiger partial charge in [-0.2, -0.15) is 0 Å². The molecule has 1 aromatic heterocycles. The van der Waals surface area contributed by atoms with Crippen LogP contribution in [0.15, 0.2) is 48.8 Å². The zero-order valence-electron chi connectivity index (χ0n) is 13.5. The lowest BCUT2D eigenvalue weighted by Gasteiger charge is -2.19. The Morgan fingerprint density at radius 1 is 1.21 bits per heavy atom. The third-order valence-electron chi connectivity index (χ3n) is 4.37. The van der Waals surface area contributed by atoms with Crippen LogP contribution in [0.25, 0.3) is 0 Å². The van der Waals surface area contributed by atoms with Crippen molar-refractivity contribution in [1.29, 1.82) is 0 Å². The molecule has 24 heavy (non-hydrogen) atoms. The number of nitrogens with one attached hydrogen (secondary N) is 1. The van der Waals surface area contributed by atoms with Crippen molar-refractivity contribution in [1.82, 2.24) is 10.3 Å². The topological polar surface area (TPSA) is 51.2 Å². The van der Waals surface area contributed by atoms with Gasteiger partial charge in [0.25, 0.3) is 0 Å². The summed E-state index contributed by atoms with van der Waals surface area (Å²) in [6.07, 6.45) is 5.07. The van der Waals surface area contributed by atoms with Gasteiger partial charge in [-0.25, -0.2) is 4.39 Å². The van der Waals surface area contributed by atoms with Crippen LogP contribution in [-0.4, -0.2) is 30.1 Å². The lowest BCUT2D eigenvalue weighted by atomic mass is 9.95. The second-order valence-electron chi connectivity index (χ2n) is 6.12. The van der Waals surface area contributed by atoms with Crippen LogP contribution in [0.5, 0.6) is 0 Å². The Balaban J connectivity index is 1.51. The third-order valence-corrected chi connectivity index (χ3v) is 4.37. The molecule has 1 aliphatic heterocycles. The minimum atomic E-state index is -0.259. The fourth-order valence-corrected chi connectivity index (χ4v) is 3.01. The molecule has 5 heteroatoms. The van der Waals surface area contributed by atoms with Crippen LogP contribution in [0.1, 0.15) is 17.5 Å². The Morgan fingerprint density at radius 2 is 2.00 bits per heavy atom. The zero-order chi connectivity index (χ0) is 16.8. The molecule has 1 saturated heterocycles. The molecule has 1 N–H and O–H groups in total. The molecule has 0 saturated carbocycles. The van der Waals surface area contributed by atoms with Gasteiger partial charge in [-0.15, -0.1) is 0 Å². The number of pyridine rings is 1. The van der Waals surface area contributed by atoms with E-state index in [0.717, 1.165) is 6.42 Å². The fraction of sp³-hybridized carbons (Fsp3) is 0.368. The van der Waals surface area contributed by atoms with E-state index in [2.05, 4.69) is 10.3 Å². The van der Waals surface area contributed by atoms with E-state index < -0.39 is 0 Å². The van der Waals surface area contributed by atoms with Gasteiger partial charge >= 0.3 is 0 Å². The number of benzene rings is 1. The minimum Gasteiger partial charge on any atom is -0.379 e. The molecule has 1 fully saturated rings. The Bertz CT molecular complexity index is 678. The first-order valence-corrected chi connectivity index (χ1v) is 8.22. The molecule has 0 bridgehead atoms. The number of halogens is 1. The Kier molecular flexibility index (Phi) is 5.54. The molecule has 0 unspecified atom stereocenters. The number of nitrogens with zero attached hydrogens (tertiary/aromatic N) is 1. The number of aryl methyl sites for hydroxylation is 1. The van der Waals surface area contributed by atoms with Crippen LogP contribution in [0.3, 0.4) is 0 Å². The van der Waals surface area contributed by atoms with Crippen molar-refractivity contribution in [2.45, 2.75) is 25.3 Å². The number of ether oxygens (including phenoxy) is 1. The summed E-state index contributed by atoms with van der Waals surface area (Å²) in [5.74, 6) is -0.0663. The summed E-state index contributed by atoms with van der Waals surface area (Å²) in [5.41, 5.74) is 1.76. The van der Waals surface area contributed by atoms with Gasteiger partial charge in [-0.3, -0.25) is 9.78 Å². The molecule has 0 spiro atoms. The van der Waals surface area contributed by atoms with Gasteiger partial charge in [0.1, 0.15) is 5.82 Å². The number of hydrogen-bond donors (Lipinski definition) is 1. The molecular weight excluding hydrogens is 307 g/mol. The predicted octanol–water partition coefficient (Wildman–Crippen LogP) is 2.53. The smallest absolute Gasteiger partial charge is 0.220 e. The zero-order valence-corrected chi connectivity index (χ0v) is 13.5. The first-order valence-electron chi connectivity index (χ1n) is 8.22. The van der Waals surface area contributed by atoms with Gasteiger partial charge in [0.15, 0.2) is 0 Å². The van der Waals surface area contributed by atoms with Crippen LogP contribution in [0.2, 0.25) is 0 Å². The monoisotopic (exact) mass is 328 g/mol. The highest BCUT2D eigenvalue weighted by atomic mass is 19.1. The van der Waals surface area contributed by atoms with Crippen molar-refractivity contribution < 1.29 is 13.9 Å². The van der Waals surface area contributed by atoms with Gasteiger partial charge in [0.05, 0.1) is 19.3 Å². The van der Waals surface area contributed by atoms with Gasteiger partial charge in [0.2, 0.25) is 5.91 Å². The van der Waals surface area contributed by atoms with E-state index >= 15 is 0 Å². The quantitative estimate of drug-likeness (QED) is 0.886. The Labute approximate surface area is 141 Å². The molecule has 3 rings (SSSR count).